The van der Waals surface area contributed by atoms with Crippen molar-refractivity contribution in [3.63, 3.8) is 0 Å². The molecule has 4 aromatic rings. The fourth-order valence-corrected chi connectivity index (χ4v) is 4.24. The number of aromatic nitrogens is 3. The Morgan fingerprint density at radius 1 is 1.05 bits per heavy atom. The van der Waals surface area contributed by atoms with Crippen molar-refractivity contribution in [2.45, 2.75) is 52.7 Å². The molecule has 44 heavy (non-hydrogen) atoms. The van der Waals surface area contributed by atoms with E-state index in [-0.39, 0.29) is 17.5 Å². The smallest absolute Gasteiger partial charge is 0.437 e. The normalized spacial score (nSPS) is 12.5. The molecule has 1 aromatic carbocycles. The predicted octanol–water partition coefficient (Wildman–Crippen LogP) is 5.40. The van der Waals surface area contributed by atoms with E-state index in [1.807, 2.05) is 19.1 Å². The lowest BCUT2D eigenvalue weighted by molar-refractivity contribution is -0.0215. The van der Waals surface area contributed by atoms with E-state index in [0.717, 1.165) is 10.8 Å². The van der Waals surface area contributed by atoms with E-state index in [0.29, 0.717) is 40.1 Å². The molecule has 4 rings (SSSR count). The molecule has 232 valence electrons. The minimum Gasteiger partial charge on any atom is -0.493 e. The molecule has 14 nitrogen and oxygen atoms in total. The van der Waals surface area contributed by atoms with Crippen LogP contribution in [0.4, 0.5) is 15.4 Å². The summed E-state index contributed by atoms with van der Waals surface area (Å²) in [6.45, 7) is 8.66. The van der Waals surface area contributed by atoms with Gasteiger partial charge in [0.1, 0.15) is 11.4 Å². The maximum atomic E-state index is 12.5. The van der Waals surface area contributed by atoms with Gasteiger partial charge in [0, 0.05) is 34.8 Å². The van der Waals surface area contributed by atoms with E-state index < -0.39 is 23.8 Å². The van der Waals surface area contributed by atoms with E-state index in [1.165, 1.54) is 11.3 Å². The van der Waals surface area contributed by atoms with Gasteiger partial charge >= 0.3 is 12.2 Å². The summed E-state index contributed by atoms with van der Waals surface area (Å²) in [7, 11) is 3.11. The number of ether oxygens (including phenoxy) is 3. The summed E-state index contributed by atoms with van der Waals surface area (Å²) >= 11 is 0. The number of carbonyl (C=O) groups excluding carboxylic acids is 1. The summed E-state index contributed by atoms with van der Waals surface area (Å²) < 4.78 is 16.2. The average molecular weight is 606 g/mol. The zero-order valence-corrected chi connectivity index (χ0v) is 25.5. The van der Waals surface area contributed by atoms with Gasteiger partial charge in [0.15, 0.2) is 17.2 Å². The maximum absolute atomic E-state index is 12.5. The van der Waals surface area contributed by atoms with Crippen LogP contribution in [0.15, 0.2) is 47.8 Å². The SMILES string of the molecule is CCC(C)N(Oc1cncc(-c2cc3c(cnc4cc(OC)c(OC)cc43)c(N)n2)c1)C(=NC(=O)OC(C)(C)C)NC(=O)O. The third kappa shape index (κ3) is 7.14. The first kappa shape index (κ1) is 31.5. The van der Waals surface area contributed by atoms with Crippen molar-refractivity contribution in [2.75, 3.05) is 20.0 Å². The summed E-state index contributed by atoms with van der Waals surface area (Å²) in [6.07, 6.45) is 2.76. The van der Waals surface area contributed by atoms with Crippen LogP contribution in [0.25, 0.3) is 32.9 Å². The van der Waals surface area contributed by atoms with Gasteiger partial charge in [0.2, 0.25) is 5.96 Å². The number of carboxylic acid groups (broad SMARTS) is 1. The molecule has 0 spiro atoms. The van der Waals surface area contributed by atoms with Crippen LogP contribution in [0.2, 0.25) is 0 Å². The first-order valence-corrected chi connectivity index (χ1v) is 13.7. The number of guanidine groups is 1. The van der Waals surface area contributed by atoms with Crippen molar-refractivity contribution in [2.24, 2.45) is 4.99 Å². The van der Waals surface area contributed by atoms with Gasteiger partial charge in [-0.3, -0.25) is 15.3 Å². The van der Waals surface area contributed by atoms with E-state index in [1.54, 1.807) is 66.4 Å². The monoisotopic (exact) mass is 605 g/mol. The number of carbonyl (C=O) groups is 2. The molecule has 0 bridgehead atoms. The maximum Gasteiger partial charge on any atom is 0.437 e. The van der Waals surface area contributed by atoms with Gasteiger partial charge in [0.05, 0.1) is 37.7 Å². The molecule has 0 aliphatic heterocycles. The van der Waals surface area contributed by atoms with Gasteiger partial charge in [-0.05, 0) is 57.7 Å². The second-order valence-corrected chi connectivity index (χ2v) is 10.8. The fourth-order valence-electron chi connectivity index (χ4n) is 4.24. The number of fused-ring (bicyclic) bond motifs is 3. The highest BCUT2D eigenvalue weighted by molar-refractivity contribution is 6.10. The van der Waals surface area contributed by atoms with Crippen molar-refractivity contribution in [1.29, 1.82) is 0 Å². The summed E-state index contributed by atoms with van der Waals surface area (Å²) in [5.41, 5.74) is 7.26. The molecule has 2 amide bonds. The van der Waals surface area contributed by atoms with Crippen molar-refractivity contribution in [3.8, 4) is 28.5 Å². The number of pyridine rings is 3. The van der Waals surface area contributed by atoms with Crippen LogP contribution in [-0.4, -0.2) is 69.1 Å². The Balaban J connectivity index is 1.77. The summed E-state index contributed by atoms with van der Waals surface area (Å²) in [6, 6.07) is 6.71. The Labute approximate surface area is 253 Å². The standard InChI is InChI=1S/C30H35N7O7/c1-8-16(2)37(27(35-28(38)39)36-29(40)43-30(3,4)5)44-18-9-17(13-32-14-18)22-10-19-20-11-24(41-6)25(42-7)12-23(20)33-15-21(19)26(31)34-22/h9-16H,8H2,1-7H3,(H2,31,34)(H,38,39)(H,35,36,40). The van der Waals surface area contributed by atoms with Gasteiger partial charge in [-0.1, -0.05) is 6.92 Å². The molecule has 0 saturated heterocycles. The molecule has 3 heterocycles. The molecule has 1 unspecified atom stereocenters. The molecule has 1 atom stereocenters. The number of hydroxylamine groups is 2. The molecule has 0 saturated carbocycles. The van der Waals surface area contributed by atoms with Crippen molar-refractivity contribution in [1.82, 2.24) is 25.3 Å². The Hall–Kier alpha value is -5.40. The number of nitrogen functional groups attached to an aromatic ring is 1. The van der Waals surface area contributed by atoms with E-state index in [4.69, 9.17) is 24.8 Å². The number of hydrogen-bond acceptors (Lipinski definition) is 10. The van der Waals surface area contributed by atoms with Crippen LogP contribution in [0.1, 0.15) is 41.0 Å². The number of aliphatic imine (C=N–C) groups is 1. The third-order valence-corrected chi connectivity index (χ3v) is 6.43. The van der Waals surface area contributed by atoms with Gasteiger partial charge < -0.3 is 29.9 Å². The first-order valence-electron chi connectivity index (χ1n) is 13.7. The summed E-state index contributed by atoms with van der Waals surface area (Å²) in [4.78, 5) is 47.4. The lowest BCUT2D eigenvalue weighted by Gasteiger charge is -2.29. The molecule has 0 aliphatic carbocycles. The second-order valence-electron chi connectivity index (χ2n) is 10.8. The highest BCUT2D eigenvalue weighted by atomic mass is 16.7. The number of anilines is 1. The fraction of sp³-hybridized carbons (Fsp3) is 0.333. The zero-order valence-electron chi connectivity index (χ0n) is 25.5. The number of nitrogens with one attached hydrogen (secondary N) is 1. The van der Waals surface area contributed by atoms with E-state index in [9.17, 15) is 14.7 Å². The highest BCUT2D eigenvalue weighted by Gasteiger charge is 2.25. The van der Waals surface area contributed by atoms with Crippen LogP contribution < -0.4 is 25.4 Å². The van der Waals surface area contributed by atoms with Crippen molar-refractivity contribution >= 4 is 45.6 Å². The number of nitrogens with two attached hydrogens (primary N) is 1. The summed E-state index contributed by atoms with van der Waals surface area (Å²) in [5, 5.41) is 15.0. The Kier molecular flexibility index (Phi) is 9.21. The lowest BCUT2D eigenvalue weighted by atomic mass is 10.0. The molecule has 0 fully saturated rings. The van der Waals surface area contributed by atoms with Crippen LogP contribution >= 0.6 is 0 Å². The topological polar surface area (TPSA) is 184 Å². The van der Waals surface area contributed by atoms with Crippen LogP contribution in [0, 0.1) is 0 Å². The number of rotatable bonds is 7. The average Bonchev–Trinajstić information content (AvgIpc) is 2.97. The number of methoxy groups -OCH3 is 2. The number of amides is 2. The van der Waals surface area contributed by atoms with E-state index >= 15 is 0 Å². The zero-order chi connectivity index (χ0) is 32.2. The summed E-state index contributed by atoms with van der Waals surface area (Å²) in [5.74, 6) is 1.18. The lowest BCUT2D eigenvalue weighted by Crippen LogP contribution is -2.50. The van der Waals surface area contributed by atoms with Crippen LogP contribution in [-0.2, 0) is 4.74 Å². The minimum absolute atomic E-state index is 0.221. The van der Waals surface area contributed by atoms with Crippen molar-refractivity contribution < 1.29 is 33.7 Å². The Bertz CT molecular complexity index is 1740. The number of nitrogens with zero attached hydrogens (tertiary/aromatic N) is 5. The quantitative estimate of drug-likeness (QED) is 0.106. The first-order chi connectivity index (χ1) is 20.8. The van der Waals surface area contributed by atoms with Gasteiger partial charge in [-0.2, -0.15) is 5.06 Å². The molecule has 0 radical (unpaired) electrons. The number of hydrogen-bond donors (Lipinski definition) is 3. The Morgan fingerprint density at radius 2 is 1.75 bits per heavy atom. The number of benzene rings is 1. The molecular weight excluding hydrogens is 570 g/mol. The predicted molar refractivity (Wildman–Crippen MR) is 165 cm³/mol. The van der Waals surface area contributed by atoms with Gasteiger partial charge in [0.25, 0.3) is 0 Å². The largest absolute Gasteiger partial charge is 0.493 e. The van der Waals surface area contributed by atoms with Crippen LogP contribution in [0.5, 0.6) is 17.2 Å². The molecule has 3 aromatic heterocycles. The van der Waals surface area contributed by atoms with Gasteiger partial charge in [-0.15, -0.1) is 4.99 Å². The molecule has 0 aliphatic rings. The van der Waals surface area contributed by atoms with Crippen LogP contribution in [0.3, 0.4) is 0 Å². The molecule has 4 N–H and O–H groups in total. The Morgan fingerprint density at radius 3 is 2.39 bits per heavy atom. The second kappa shape index (κ2) is 12.9. The highest BCUT2D eigenvalue weighted by Crippen LogP contribution is 2.37. The third-order valence-electron chi connectivity index (χ3n) is 6.43. The molecule has 14 heteroatoms. The van der Waals surface area contributed by atoms with Gasteiger partial charge in [-0.25, -0.2) is 14.6 Å². The minimum atomic E-state index is -1.44. The molecular formula is C30H35N7O7. The van der Waals surface area contributed by atoms with Crippen molar-refractivity contribution in [3.05, 3.63) is 42.9 Å². The van der Waals surface area contributed by atoms with E-state index in [2.05, 4.69) is 25.3 Å².